The Bertz CT molecular complexity index is 617. The summed E-state index contributed by atoms with van der Waals surface area (Å²) in [6, 6.07) is 0. The summed E-state index contributed by atoms with van der Waals surface area (Å²) in [5, 5.41) is 0. The van der Waals surface area contributed by atoms with Crippen molar-refractivity contribution < 1.29 is 0 Å². The van der Waals surface area contributed by atoms with Gasteiger partial charge in [0.2, 0.25) is 0 Å². The summed E-state index contributed by atoms with van der Waals surface area (Å²) in [5.74, 6) is 0. The van der Waals surface area contributed by atoms with E-state index in [9.17, 15) is 0 Å². The van der Waals surface area contributed by atoms with Gasteiger partial charge in [-0.1, -0.05) is 90.2 Å². The quantitative estimate of drug-likeness (QED) is 0.467. The van der Waals surface area contributed by atoms with Crippen LogP contribution in [-0.2, 0) is 0 Å². The van der Waals surface area contributed by atoms with Gasteiger partial charge in [0.15, 0.2) is 0 Å². The topological polar surface area (TPSA) is 0 Å². The van der Waals surface area contributed by atoms with Crippen molar-refractivity contribution in [3.8, 4) is 0 Å². The van der Waals surface area contributed by atoms with Crippen molar-refractivity contribution in [2.75, 3.05) is 0 Å². The molecule has 0 nitrogen and oxygen atoms in total. The Morgan fingerprint density at radius 2 is 1.67 bits per heavy atom. The highest BCUT2D eigenvalue weighted by Crippen LogP contribution is 2.61. The summed E-state index contributed by atoms with van der Waals surface area (Å²) in [6.45, 7) is 21.9. The molecule has 0 saturated carbocycles. The van der Waals surface area contributed by atoms with Crippen molar-refractivity contribution in [2.45, 2.75) is 78.8 Å². The maximum absolute atomic E-state index is 2.50. The van der Waals surface area contributed by atoms with E-state index in [2.05, 4.69) is 103 Å². The van der Waals surface area contributed by atoms with Gasteiger partial charge in [-0.25, -0.2) is 0 Å². The zero-order chi connectivity index (χ0) is 18.4. The first-order chi connectivity index (χ1) is 10.8. The molecule has 0 N–H and O–H groups in total. The van der Waals surface area contributed by atoms with E-state index >= 15 is 0 Å². The molecule has 0 radical (unpaired) electrons. The number of rotatable bonds is 4. The van der Waals surface area contributed by atoms with Crippen LogP contribution in [0.3, 0.4) is 0 Å². The minimum Gasteiger partial charge on any atom is -0.174 e. The second kappa shape index (κ2) is 6.36. The van der Waals surface area contributed by atoms with Crippen molar-refractivity contribution in [1.29, 1.82) is 0 Å². The summed E-state index contributed by atoms with van der Waals surface area (Å²) < 4.78 is 0.149. The molecule has 0 fully saturated rings. The maximum Gasteiger partial charge on any atom is 0.109 e. The fraction of sp³-hybridized carbons (Fsp3) is 0.636. The third kappa shape index (κ3) is 3.70. The van der Waals surface area contributed by atoms with E-state index in [1.807, 2.05) is 0 Å². The van der Waals surface area contributed by atoms with Crippen LogP contribution in [0.1, 0.15) is 54.4 Å². The van der Waals surface area contributed by atoms with Crippen molar-refractivity contribution in [2.24, 2.45) is 10.8 Å². The smallest absolute Gasteiger partial charge is 0.109 e. The molecule has 0 heterocycles. The summed E-state index contributed by atoms with van der Waals surface area (Å²) >= 11 is 2.31. The molecule has 0 amide bonds. The molecule has 2 rings (SSSR count). The zero-order valence-electron chi connectivity index (χ0n) is 17.2. The molecule has 0 bridgehead atoms. The highest BCUT2D eigenvalue weighted by Gasteiger charge is 2.54. The Morgan fingerprint density at radius 3 is 2.12 bits per heavy atom. The molecule has 2 aliphatic rings. The lowest BCUT2D eigenvalue weighted by atomic mass is 9.61. The lowest BCUT2D eigenvalue weighted by molar-refractivity contribution is 0.301. The molecule has 0 saturated heterocycles. The fourth-order valence-electron chi connectivity index (χ4n) is 4.13. The summed E-state index contributed by atoms with van der Waals surface area (Å²) in [4.78, 5) is 0. The Balaban J connectivity index is 2.69. The maximum atomic E-state index is 2.50. The second-order valence-electron chi connectivity index (χ2n) is 9.92. The van der Waals surface area contributed by atoms with Gasteiger partial charge < -0.3 is 0 Å². The van der Waals surface area contributed by atoms with Gasteiger partial charge >= 0.3 is 0 Å². The van der Waals surface area contributed by atoms with E-state index in [1.54, 1.807) is 5.57 Å². The Kier molecular flexibility index (Phi) is 5.26. The molecule has 0 aliphatic heterocycles. The van der Waals surface area contributed by atoms with Gasteiger partial charge in [-0.2, -0.15) is 11.2 Å². The fourth-order valence-corrected chi connectivity index (χ4v) is 10.7. The minimum absolute atomic E-state index is 0.126. The lowest BCUT2D eigenvalue weighted by Gasteiger charge is -2.55. The van der Waals surface area contributed by atoms with Crippen LogP contribution >= 0.6 is 11.2 Å². The van der Waals surface area contributed by atoms with Crippen LogP contribution in [-0.4, -0.2) is 12.0 Å². The highest BCUT2D eigenvalue weighted by molar-refractivity contribution is 8.29. The highest BCUT2D eigenvalue weighted by atomic mass is 32.4. The molecule has 0 aromatic heterocycles. The van der Waals surface area contributed by atoms with Gasteiger partial charge in [-0.05, 0) is 36.3 Å². The van der Waals surface area contributed by atoms with Crippen molar-refractivity contribution >= 4 is 18.4 Å². The summed E-state index contributed by atoms with van der Waals surface area (Å²) in [7, 11) is -1.33. The lowest BCUT2D eigenvalue weighted by Crippen LogP contribution is -2.51. The first-order valence-corrected chi connectivity index (χ1v) is 14.3. The Labute approximate surface area is 155 Å². The third-order valence-electron chi connectivity index (χ3n) is 5.31. The monoisotopic (exact) mass is 360 g/mol. The average molecular weight is 361 g/mol. The predicted molar refractivity (Wildman–Crippen MR) is 115 cm³/mol. The largest absolute Gasteiger partial charge is 0.174 e. The minimum atomic E-state index is -1.33. The normalized spacial score (nSPS) is 25.5. The SMILES string of the molecule is CC1=CCC(S[Si](C)(C)C)(C(C)(C)C2=CCC=C2)C(C(C)(C)C)=C1. The van der Waals surface area contributed by atoms with Gasteiger partial charge in [0.25, 0.3) is 0 Å². The van der Waals surface area contributed by atoms with Crippen LogP contribution in [0.15, 0.2) is 47.1 Å². The van der Waals surface area contributed by atoms with Crippen LogP contribution in [0.2, 0.25) is 19.6 Å². The molecular weight excluding hydrogens is 324 g/mol. The van der Waals surface area contributed by atoms with Gasteiger partial charge in [0.05, 0.1) is 0 Å². The van der Waals surface area contributed by atoms with Crippen molar-refractivity contribution in [3.05, 3.63) is 47.1 Å². The molecule has 1 unspecified atom stereocenters. The average Bonchev–Trinajstić information content (AvgIpc) is 2.92. The molecule has 0 aromatic carbocycles. The van der Waals surface area contributed by atoms with E-state index in [0.717, 1.165) is 12.8 Å². The van der Waals surface area contributed by atoms with E-state index in [-0.39, 0.29) is 15.6 Å². The van der Waals surface area contributed by atoms with E-state index in [0.29, 0.717) is 0 Å². The molecule has 24 heavy (non-hydrogen) atoms. The van der Waals surface area contributed by atoms with Gasteiger partial charge in [0, 0.05) is 10.2 Å². The Morgan fingerprint density at radius 1 is 1.04 bits per heavy atom. The number of hydrogen-bond donors (Lipinski definition) is 0. The van der Waals surface area contributed by atoms with E-state index in [4.69, 9.17) is 0 Å². The molecule has 2 heteroatoms. The van der Waals surface area contributed by atoms with Crippen LogP contribution < -0.4 is 0 Å². The van der Waals surface area contributed by atoms with Gasteiger partial charge in [-0.15, -0.1) is 0 Å². The van der Waals surface area contributed by atoms with Gasteiger partial charge in [-0.3, -0.25) is 0 Å². The molecule has 134 valence electrons. The first kappa shape index (κ1) is 19.8. The summed E-state index contributed by atoms with van der Waals surface area (Å²) in [5.41, 5.74) is 4.90. The van der Waals surface area contributed by atoms with Crippen molar-refractivity contribution in [3.63, 3.8) is 0 Å². The standard InChI is InChI=1S/C22H36SSi/c1-17-14-15-22(23-24(7,8)9,19(16-17)20(2,3)4)21(5,6)18-12-10-11-13-18/h10,12-14,16H,11,15H2,1-9H3. The first-order valence-electron chi connectivity index (χ1n) is 9.26. The molecule has 2 aliphatic carbocycles. The Hall–Kier alpha value is -0.473. The second-order valence-corrected chi connectivity index (χ2v) is 19.3. The molecular formula is C22H36SSi. The van der Waals surface area contributed by atoms with Crippen LogP contribution in [0, 0.1) is 10.8 Å². The van der Waals surface area contributed by atoms with Crippen LogP contribution in [0.25, 0.3) is 0 Å². The van der Waals surface area contributed by atoms with E-state index < -0.39 is 7.22 Å². The number of allylic oxidation sites excluding steroid dienone is 7. The summed E-state index contributed by atoms with van der Waals surface area (Å²) in [6.07, 6.45) is 14.3. The van der Waals surface area contributed by atoms with Crippen LogP contribution in [0.4, 0.5) is 0 Å². The van der Waals surface area contributed by atoms with E-state index in [1.165, 1.54) is 11.1 Å². The zero-order valence-corrected chi connectivity index (χ0v) is 19.0. The predicted octanol–water partition coefficient (Wildman–Crippen LogP) is 7.53. The van der Waals surface area contributed by atoms with Crippen LogP contribution in [0.5, 0.6) is 0 Å². The third-order valence-corrected chi connectivity index (χ3v) is 10.0. The molecule has 1 atom stereocenters. The van der Waals surface area contributed by atoms with Gasteiger partial charge in [0.1, 0.15) is 7.22 Å². The van der Waals surface area contributed by atoms with Crippen molar-refractivity contribution in [1.82, 2.24) is 0 Å². The number of hydrogen-bond acceptors (Lipinski definition) is 1. The molecule has 0 aromatic rings. The molecule has 0 spiro atoms.